The third-order valence-corrected chi connectivity index (χ3v) is 5.96. The lowest BCUT2D eigenvalue weighted by Gasteiger charge is -2.12. The average Bonchev–Trinajstić information content (AvgIpc) is 3.25. The molecule has 0 saturated heterocycles. The summed E-state index contributed by atoms with van der Waals surface area (Å²) in [6.45, 7) is 3.91. The van der Waals surface area contributed by atoms with Crippen LogP contribution in [0.3, 0.4) is 0 Å². The molecule has 1 N–H and O–H groups in total. The van der Waals surface area contributed by atoms with E-state index in [-0.39, 0.29) is 23.8 Å². The lowest BCUT2D eigenvalue weighted by Crippen LogP contribution is -2.24. The summed E-state index contributed by atoms with van der Waals surface area (Å²) in [5.74, 6) is -1.11. The first-order valence-electron chi connectivity index (χ1n) is 10.5. The molecule has 2 heterocycles. The van der Waals surface area contributed by atoms with E-state index < -0.39 is 11.5 Å². The smallest absolute Gasteiger partial charge is 0.296 e. The summed E-state index contributed by atoms with van der Waals surface area (Å²) in [7, 11) is 0. The molecule has 3 aromatic carbocycles. The van der Waals surface area contributed by atoms with Gasteiger partial charge in [0.15, 0.2) is 0 Å². The first-order chi connectivity index (χ1) is 16.3. The van der Waals surface area contributed by atoms with Gasteiger partial charge in [0.1, 0.15) is 5.82 Å². The number of aryl methyl sites for hydroxylation is 2. The van der Waals surface area contributed by atoms with Crippen LogP contribution in [-0.4, -0.2) is 25.1 Å². The Morgan fingerprint density at radius 3 is 2.65 bits per heavy atom. The Morgan fingerprint density at radius 1 is 1.06 bits per heavy atom. The van der Waals surface area contributed by atoms with Gasteiger partial charge in [-0.2, -0.15) is 4.98 Å². The Labute approximate surface area is 198 Å². The number of nitrogens with one attached hydrogen (secondary N) is 1. The zero-order valence-electron chi connectivity index (χ0n) is 18.3. The molecule has 0 unspecified atom stereocenters. The summed E-state index contributed by atoms with van der Waals surface area (Å²) in [6.07, 6.45) is 0. The van der Waals surface area contributed by atoms with Crippen LogP contribution >= 0.6 is 11.6 Å². The molecule has 0 fully saturated rings. The topological polar surface area (TPSA) is 81.3 Å². The molecule has 0 aliphatic rings. The number of hydrogen-bond donors (Lipinski definition) is 1. The largest absolute Gasteiger partial charge is 0.319 e. The number of fused-ring (bicyclic) bond motifs is 3. The molecule has 0 radical (unpaired) electrons. The maximum atomic E-state index is 13.8. The van der Waals surface area contributed by atoms with Crippen molar-refractivity contribution >= 4 is 39.9 Å². The van der Waals surface area contributed by atoms with Crippen LogP contribution in [0.2, 0.25) is 5.02 Å². The molecule has 0 saturated carbocycles. The van der Waals surface area contributed by atoms with Crippen LogP contribution in [0, 0.1) is 19.7 Å². The molecule has 0 bridgehead atoms. The predicted molar refractivity (Wildman–Crippen MR) is 129 cm³/mol. The van der Waals surface area contributed by atoms with Gasteiger partial charge in [0.05, 0.1) is 17.6 Å². The second kappa shape index (κ2) is 8.39. The maximum Gasteiger partial charge on any atom is 0.296 e. The standard InChI is InChI=1S/C25H19ClFN5O2/c1-14-6-9-20-21(10-14)31(13-16-4-3-5-17(27)11-16)25(34)23-29-22(30-32(20)23)24(33)28-18-8-7-15(2)19(26)12-18/h3-12H,13H2,1-2H3,(H,28,33). The lowest BCUT2D eigenvalue weighted by atomic mass is 10.2. The number of hydrogen-bond acceptors (Lipinski definition) is 4. The zero-order chi connectivity index (χ0) is 24.0. The van der Waals surface area contributed by atoms with Crippen molar-refractivity contribution in [3.63, 3.8) is 0 Å². The maximum absolute atomic E-state index is 13.8. The fourth-order valence-electron chi connectivity index (χ4n) is 3.81. The summed E-state index contributed by atoms with van der Waals surface area (Å²) in [4.78, 5) is 30.5. The summed E-state index contributed by atoms with van der Waals surface area (Å²) in [6, 6.07) is 16.8. The Balaban J connectivity index is 1.63. The van der Waals surface area contributed by atoms with Crippen molar-refractivity contribution in [2.45, 2.75) is 20.4 Å². The highest BCUT2D eigenvalue weighted by molar-refractivity contribution is 6.31. The fourth-order valence-corrected chi connectivity index (χ4v) is 3.99. The van der Waals surface area contributed by atoms with Gasteiger partial charge in [-0.05, 0) is 66.9 Å². The van der Waals surface area contributed by atoms with Gasteiger partial charge in [-0.15, -0.1) is 5.10 Å². The van der Waals surface area contributed by atoms with Crippen molar-refractivity contribution in [3.8, 4) is 0 Å². The van der Waals surface area contributed by atoms with E-state index in [2.05, 4.69) is 15.4 Å². The Hall–Kier alpha value is -4.04. The van der Waals surface area contributed by atoms with E-state index in [0.717, 1.165) is 11.1 Å². The third-order valence-electron chi connectivity index (χ3n) is 5.56. The van der Waals surface area contributed by atoms with Crippen LogP contribution in [-0.2, 0) is 6.54 Å². The second-order valence-corrected chi connectivity index (χ2v) is 8.51. The molecule has 0 atom stereocenters. The minimum atomic E-state index is -0.569. The molecule has 2 aromatic heterocycles. The highest BCUT2D eigenvalue weighted by atomic mass is 35.5. The van der Waals surface area contributed by atoms with E-state index in [9.17, 15) is 14.0 Å². The Morgan fingerprint density at radius 2 is 1.88 bits per heavy atom. The summed E-state index contributed by atoms with van der Waals surface area (Å²) in [5, 5.41) is 7.55. The van der Waals surface area contributed by atoms with E-state index in [1.54, 1.807) is 30.3 Å². The molecule has 1 amide bonds. The summed E-state index contributed by atoms with van der Waals surface area (Å²) < 4.78 is 16.6. The number of benzene rings is 3. The molecule has 34 heavy (non-hydrogen) atoms. The first-order valence-corrected chi connectivity index (χ1v) is 10.9. The minimum Gasteiger partial charge on any atom is -0.319 e. The molecular formula is C25H19ClFN5O2. The highest BCUT2D eigenvalue weighted by Crippen LogP contribution is 2.21. The normalized spacial score (nSPS) is 11.3. The Kier molecular flexibility index (Phi) is 5.37. The van der Waals surface area contributed by atoms with Crippen LogP contribution in [0.5, 0.6) is 0 Å². The van der Waals surface area contributed by atoms with Crippen LogP contribution in [0.1, 0.15) is 27.3 Å². The third kappa shape index (κ3) is 3.92. The first kappa shape index (κ1) is 21.8. The summed E-state index contributed by atoms with van der Waals surface area (Å²) >= 11 is 6.15. The van der Waals surface area contributed by atoms with Gasteiger partial charge in [0.2, 0.25) is 11.5 Å². The number of anilines is 1. The quantitative estimate of drug-likeness (QED) is 0.406. The van der Waals surface area contributed by atoms with E-state index in [4.69, 9.17) is 11.6 Å². The molecule has 0 spiro atoms. The summed E-state index contributed by atoms with van der Waals surface area (Å²) in [5.41, 5.74) is 3.70. The zero-order valence-corrected chi connectivity index (χ0v) is 19.1. The van der Waals surface area contributed by atoms with E-state index in [0.29, 0.717) is 27.3 Å². The fraction of sp³-hybridized carbons (Fsp3) is 0.120. The van der Waals surface area contributed by atoms with Crippen LogP contribution < -0.4 is 10.9 Å². The number of carbonyl (C=O) groups excluding carboxylic acids is 1. The molecular weight excluding hydrogens is 457 g/mol. The van der Waals surface area contributed by atoms with E-state index >= 15 is 0 Å². The van der Waals surface area contributed by atoms with Gasteiger partial charge >= 0.3 is 0 Å². The number of aromatic nitrogens is 4. The minimum absolute atomic E-state index is 0.000144. The SMILES string of the molecule is Cc1ccc2c(c1)n(Cc1cccc(F)c1)c(=O)c1nc(C(=O)Nc3ccc(C)c(Cl)c3)nn12. The van der Waals surface area contributed by atoms with E-state index in [1.165, 1.54) is 21.2 Å². The van der Waals surface area contributed by atoms with E-state index in [1.807, 2.05) is 32.0 Å². The number of halogens is 2. The average molecular weight is 476 g/mol. The molecule has 5 rings (SSSR count). The molecule has 9 heteroatoms. The molecule has 7 nitrogen and oxygen atoms in total. The number of nitrogens with zero attached hydrogens (tertiary/aromatic N) is 4. The number of amides is 1. The molecule has 0 aliphatic heterocycles. The van der Waals surface area contributed by atoms with Gasteiger partial charge in [-0.3, -0.25) is 14.2 Å². The van der Waals surface area contributed by atoms with Gasteiger partial charge in [0.25, 0.3) is 11.5 Å². The van der Waals surface area contributed by atoms with Crippen LogP contribution in [0.15, 0.2) is 65.5 Å². The molecule has 0 aliphatic carbocycles. The second-order valence-electron chi connectivity index (χ2n) is 8.10. The van der Waals surface area contributed by atoms with Crippen molar-refractivity contribution in [2.24, 2.45) is 0 Å². The van der Waals surface area contributed by atoms with Gasteiger partial charge < -0.3 is 5.32 Å². The van der Waals surface area contributed by atoms with Crippen molar-refractivity contribution in [1.82, 2.24) is 19.2 Å². The van der Waals surface area contributed by atoms with Crippen molar-refractivity contribution in [1.29, 1.82) is 0 Å². The molecule has 5 aromatic rings. The Bertz CT molecular complexity index is 1660. The number of rotatable bonds is 4. The van der Waals surface area contributed by atoms with Crippen molar-refractivity contribution in [3.05, 3.63) is 104 Å². The van der Waals surface area contributed by atoms with Crippen LogP contribution in [0.4, 0.5) is 10.1 Å². The van der Waals surface area contributed by atoms with Crippen molar-refractivity contribution in [2.75, 3.05) is 5.32 Å². The highest BCUT2D eigenvalue weighted by Gasteiger charge is 2.20. The predicted octanol–water partition coefficient (Wildman–Crippen LogP) is 4.75. The monoisotopic (exact) mass is 475 g/mol. The van der Waals surface area contributed by atoms with Gasteiger partial charge in [0, 0.05) is 10.7 Å². The number of carbonyl (C=O) groups is 1. The van der Waals surface area contributed by atoms with Crippen molar-refractivity contribution < 1.29 is 9.18 Å². The lowest BCUT2D eigenvalue weighted by molar-refractivity contribution is 0.101. The molecule has 170 valence electrons. The van der Waals surface area contributed by atoms with Gasteiger partial charge in [-0.25, -0.2) is 8.91 Å². The van der Waals surface area contributed by atoms with Gasteiger partial charge in [-0.1, -0.05) is 35.9 Å². The van der Waals surface area contributed by atoms with Crippen LogP contribution in [0.25, 0.3) is 16.7 Å².